The van der Waals surface area contributed by atoms with Gasteiger partial charge < -0.3 is 54.6 Å². The number of methoxy groups -OCH3 is 1. The zero-order chi connectivity index (χ0) is 49.0. The van der Waals surface area contributed by atoms with Gasteiger partial charge in [0.25, 0.3) is 0 Å². The second-order valence-corrected chi connectivity index (χ2v) is 27.7. The molecule has 0 unspecified atom stereocenters. The van der Waals surface area contributed by atoms with Gasteiger partial charge in [-0.3, -0.25) is 0 Å². The normalized spacial score (nSPS) is 32.0. The molecule has 4 aromatic rings. The summed E-state index contributed by atoms with van der Waals surface area (Å²) in [6.07, 6.45) is 14.7. The van der Waals surface area contributed by atoms with Crippen molar-refractivity contribution in [3.63, 3.8) is 0 Å². The largest absolute Gasteiger partial charge is 0.670 e. The molecule has 6 N–H and O–H groups in total. The van der Waals surface area contributed by atoms with Crippen molar-refractivity contribution >= 4 is 48.7 Å². The highest BCUT2D eigenvalue weighted by Gasteiger charge is 2.67. The number of phenols is 3. The summed E-state index contributed by atoms with van der Waals surface area (Å²) >= 11 is 0. The van der Waals surface area contributed by atoms with Crippen LogP contribution in [-0.4, -0.2) is 90.8 Å². The van der Waals surface area contributed by atoms with E-state index in [1.54, 1.807) is 17.7 Å². The van der Waals surface area contributed by atoms with E-state index in [1.165, 1.54) is 24.7 Å². The molecule has 2 spiro atoms. The number of allylic oxidation sites excluding steroid dienone is 1. The van der Waals surface area contributed by atoms with Gasteiger partial charge in [-0.25, -0.2) is 0 Å². The van der Waals surface area contributed by atoms with Gasteiger partial charge in [-0.2, -0.15) is 12.4 Å². The first kappa shape index (κ1) is 48.5. The molecule has 5 aliphatic carbocycles. The van der Waals surface area contributed by atoms with Gasteiger partial charge in [-0.05, 0) is 139 Å². The number of aromatic hydroxyl groups is 3. The Labute approximate surface area is 432 Å². The molecular weight excluding hydrogens is 975 g/mol. The number of phenolic OH excluding ortho intramolecular Hbond substituents is 3. The van der Waals surface area contributed by atoms with E-state index in [4.69, 9.17) is 18.9 Å². The Morgan fingerprint density at radius 2 is 1.72 bits per heavy atom. The van der Waals surface area contributed by atoms with E-state index in [0.29, 0.717) is 48.5 Å². The second-order valence-electron chi connectivity index (χ2n) is 22.2. The Morgan fingerprint density at radius 3 is 2.48 bits per heavy atom. The average molecular weight is 1040 g/mol. The van der Waals surface area contributed by atoms with E-state index in [9.17, 15) is 30.6 Å². The maximum Gasteiger partial charge on any atom is 0.207 e. The molecule has 0 radical (unpaired) electrons. The molecule has 1 aromatic heterocycles. The fraction of sp³-hybridized carbons (Fsp3) is 0.571. The van der Waals surface area contributed by atoms with Gasteiger partial charge in [0.1, 0.15) is 30.0 Å². The fourth-order valence-electron chi connectivity index (χ4n) is 14.8. The van der Waals surface area contributed by atoms with Crippen molar-refractivity contribution in [3.05, 3.63) is 82.2 Å². The van der Waals surface area contributed by atoms with Crippen LogP contribution in [0.1, 0.15) is 137 Å². The van der Waals surface area contributed by atoms with Crippen LogP contribution in [0.5, 0.6) is 40.2 Å². The number of rotatable bonds is 11. The third-order valence-corrected chi connectivity index (χ3v) is 25.2. The lowest BCUT2D eigenvalue weighted by Crippen LogP contribution is -2.61. The van der Waals surface area contributed by atoms with Crippen LogP contribution >= 0.6 is 43.2 Å². The highest BCUT2D eigenvalue weighted by Crippen LogP contribution is 2.74. The quantitative estimate of drug-likeness (QED) is 0.0783. The lowest BCUT2D eigenvalue weighted by molar-refractivity contribution is -0.125. The Balaban J connectivity index is 1.17. The van der Waals surface area contributed by atoms with Crippen molar-refractivity contribution in [2.45, 2.75) is 141 Å². The van der Waals surface area contributed by atoms with Gasteiger partial charge in [-0.15, -0.1) is 0 Å². The highest BCUT2D eigenvalue weighted by molar-refractivity contribution is 8.78. The van der Waals surface area contributed by atoms with Crippen LogP contribution in [0.15, 0.2) is 54.4 Å². The molecule has 0 amide bonds. The van der Waals surface area contributed by atoms with Crippen LogP contribution in [0, 0.1) is 17.8 Å². The molecule has 2 saturated carbocycles. The number of aromatic nitrogens is 1. The van der Waals surface area contributed by atoms with Crippen LogP contribution in [-0.2, 0) is 11.0 Å². The molecule has 71 heavy (non-hydrogen) atoms. The fourth-order valence-corrected chi connectivity index (χ4v) is 23.0. The third kappa shape index (κ3) is 7.40. The Hall–Kier alpha value is -3.44. The average Bonchev–Trinajstić information content (AvgIpc) is 3.92. The molecular formula is C56H66NO10S4-. The van der Waals surface area contributed by atoms with Gasteiger partial charge >= 0.3 is 0 Å². The number of aliphatic hydroxyl groups excluding tert-OH is 3. The number of ether oxygens (including phenoxy) is 4. The summed E-state index contributed by atoms with van der Waals surface area (Å²) in [4.78, 5) is 4.68. The summed E-state index contributed by atoms with van der Waals surface area (Å²) in [6, 6.07) is 11.4. The Morgan fingerprint density at radius 1 is 0.887 bits per heavy atom. The first-order valence-electron chi connectivity index (χ1n) is 25.9. The van der Waals surface area contributed by atoms with E-state index < -0.39 is 27.8 Å². The number of nitrogens with zero attached hydrogens (tertiary/aromatic N) is 1. The number of aliphatic hydroxyl groups is 3. The molecule has 11 nitrogen and oxygen atoms in total. The number of fused-ring (bicyclic) bond motifs is 7. The van der Waals surface area contributed by atoms with Gasteiger partial charge in [0.2, 0.25) is 11.5 Å². The first-order chi connectivity index (χ1) is 34.4. The van der Waals surface area contributed by atoms with Crippen molar-refractivity contribution in [3.8, 4) is 51.4 Å². The number of benzene rings is 3. The summed E-state index contributed by atoms with van der Waals surface area (Å²) in [5.41, 5.74) is 6.55. The predicted molar refractivity (Wildman–Crippen MR) is 284 cm³/mol. The molecule has 9 atom stereocenters. The highest BCUT2D eigenvalue weighted by atomic mass is 33.1. The van der Waals surface area contributed by atoms with Crippen LogP contribution in [0.25, 0.3) is 16.7 Å². The topological polar surface area (TPSA) is 172 Å². The molecule has 15 heteroatoms. The maximum atomic E-state index is 14.0. The van der Waals surface area contributed by atoms with Crippen molar-refractivity contribution in [2.24, 2.45) is 17.8 Å². The second kappa shape index (κ2) is 18.4. The van der Waals surface area contributed by atoms with Crippen LogP contribution < -0.4 is 23.9 Å². The van der Waals surface area contributed by atoms with Crippen LogP contribution in [0.2, 0.25) is 0 Å². The van der Waals surface area contributed by atoms with Gasteiger partial charge in [0.15, 0.2) is 17.1 Å². The van der Waals surface area contributed by atoms with E-state index in [1.807, 2.05) is 67.6 Å². The zero-order valence-corrected chi connectivity index (χ0v) is 44.1. The molecule has 380 valence electrons. The Kier molecular flexibility index (Phi) is 12.6. The van der Waals surface area contributed by atoms with Gasteiger partial charge in [0.05, 0.1) is 26.9 Å². The summed E-state index contributed by atoms with van der Waals surface area (Å²) in [5.74, 6) is 1.16. The van der Waals surface area contributed by atoms with Gasteiger partial charge in [-0.1, -0.05) is 88.4 Å². The molecule has 2 saturated heterocycles. The summed E-state index contributed by atoms with van der Waals surface area (Å²) in [6.45, 7) is 4.11. The van der Waals surface area contributed by atoms with E-state index in [0.717, 1.165) is 92.0 Å². The molecule has 4 fully saturated rings. The standard InChI is InChI=1S/C56H66NO10S4/c1-30(2)11-19-65-42-25-39(49(61)51(64-3)50(42)62)56-16-15-55-14-9-31-22-38-37-24-34(60)7-8-35(37)44-40(66-20-18-58)26-41(67-56)45(48(55)52(56)63)47(44)53(38,28-59)29-68-70-54(12-5-4-6-13-54)46-36(32-10-17-57-27-32)21-33(31)23-43(46)69-71-55/h7-8,10,17,24-27,30-31,33,38,43,48,52,58-63H,4-6,9,11-16,18-23,28-29H2,1-3H3/q-1/t31-,33-,38-,43-,48+,52+,53-,55-,56-/m0/s1. The summed E-state index contributed by atoms with van der Waals surface area (Å²) in [7, 11) is 9.30. The monoisotopic (exact) mass is 1040 g/mol. The molecule has 3 aromatic carbocycles. The summed E-state index contributed by atoms with van der Waals surface area (Å²) < 4.78 is 25.5. The van der Waals surface area contributed by atoms with Crippen molar-refractivity contribution < 1.29 is 49.6 Å². The van der Waals surface area contributed by atoms with Crippen molar-refractivity contribution in [2.75, 3.05) is 39.3 Å². The first-order valence-corrected chi connectivity index (χ1v) is 30.4. The lowest BCUT2D eigenvalue weighted by atomic mass is 9.52. The lowest BCUT2D eigenvalue weighted by Gasteiger charge is -2.60. The van der Waals surface area contributed by atoms with Gasteiger partial charge in [0, 0.05) is 54.6 Å². The SMILES string of the molecule is COc1c(O)c(OCCC(C)C)cc([C@@]23CC[C@]45CC[C@H]6C[C@H]7c8cc(O)ccc8-c8c(OCCO)cc(c(c8[C@@]7(CO)CSSC7(CCCCC7)C7=C(c8cc[n-]c8)C[C@H]6C[C@@H]7SS4)[C@@H]5[C@H]2O)O3)c1O. The van der Waals surface area contributed by atoms with Crippen molar-refractivity contribution in [1.82, 2.24) is 4.98 Å². The summed E-state index contributed by atoms with van der Waals surface area (Å²) in [5, 5.41) is 72.8. The van der Waals surface area contributed by atoms with E-state index in [2.05, 4.69) is 31.1 Å². The minimum absolute atomic E-state index is 0.00343. The minimum atomic E-state index is -1.54. The van der Waals surface area contributed by atoms with Crippen LogP contribution in [0.4, 0.5) is 0 Å². The van der Waals surface area contributed by atoms with Crippen LogP contribution in [0.3, 0.4) is 0 Å². The molecule has 13 rings (SSSR count). The van der Waals surface area contributed by atoms with E-state index >= 15 is 0 Å². The van der Waals surface area contributed by atoms with E-state index in [-0.39, 0.29) is 76.0 Å². The minimum Gasteiger partial charge on any atom is -0.670 e. The molecule has 9 aliphatic rings. The zero-order valence-electron chi connectivity index (χ0n) is 40.8. The molecule has 5 heterocycles. The molecule has 10 bridgehead atoms. The number of hydrogen-bond acceptors (Lipinski definition) is 14. The maximum absolute atomic E-state index is 14.0. The Bertz CT molecular complexity index is 2740. The third-order valence-electron chi connectivity index (χ3n) is 18.2. The van der Waals surface area contributed by atoms with Crippen molar-refractivity contribution in [1.29, 1.82) is 0 Å². The number of hydrogen-bond donors (Lipinski definition) is 6. The smallest absolute Gasteiger partial charge is 0.207 e. The molecule has 4 aliphatic heterocycles. The predicted octanol–water partition coefficient (Wildman–Crippen LogP) is 11.3.